The van der Waals surface area contributed by atoms with E-state index in [4.69, 9.17) is 26.1 Å². The number of anilines is 1. The van der Waals surface area contributed by atoms with Gasteiger partial charge in [-0.05, 0) is 48.6 Å². The number of nitrogens with one attached hydrogen (secondary N) is 1. The van der Waals surface area contributed by atoms with Crippen LogP contribution in [0.5, 0.6) is 11.5 Å². The maximum absolute atomic E-state index is 13.0. The normalized spacial score (nSPS) is 16.5. The van der Waals surface area contributed by atoms with Gasteiger partial charge in [-0.3, -0.25) is 0 Å². The summed E-state index contributed by atoms with van der Waals surface area (Å²) in [5, 5.41) is 4.51. The molecule has 1 saturated heterocycles. The van der Waals surface area contributed by atoms with Gasteiger partial charge in [-0.25, -0.2) is 0 Å². The average molecular weight is 465 g/mol. The van der Waals surface area contributed by atoms with Crippen molar-refractivity contribution in [2.45, 2.75) is 12.8 Å². The van der Waals surface area contributed by atoms with Crippen molar-refractivity contribution >= 4 is 17.9 Å². The molecular weight excluding hydrogens is 445 g/mol. The number of fused-ring (bicyclic) bond motifs is 1. The molecule has 3 heterocycles. The van der Waals surface area contributed by atoms with E-state index < -0.39 is 11.7 Å². The molecule has 2 aromatic carbocycles. The molecule has 1 aromatic heterocycles. The van der Waals surface area contributed by atoms with E-state index in [-0.39, 0.29) is 11.6 Å². The van der Waals surface area contributed by atoms with E-state index in [1.807, 2.05) is 11.0 Å². The topological polar surface area (TPSA) is 57.1 Å². The van der Waals surface area contributed by atoms with Crippen molar-refractivity contribution in [1.82, 2.24) is 9.78 Å². The van der Waals surface area contributed by atoms with Gasteiger partial charge in [-0.1, -0.05) is 6.07 Å². The van der Waals surface area contributed by atoms with Crippen molar-refractivity contribution in [3.05, 3.63) is 52.9 Å². The maximum Gasteiger partial charge on any atom is 0.416 e. The summed E-state index contributed by atoms with van der Waals surface area (Å²) < 4.78 is 57.0. The molecule has 2 aliphatic heterocycles. The summed E-state index contributed by atoms with van der Waals surface area (Å²) in [6.45, 7) is 3.46. The highest BCUT2D eigenvalue weighted by atomic mass is 32.1. The Morgan fingerprint density at radius 3 is 2.59 bits per heavy atom. The Balaban J connectivity index is 1.24. The highest BCUT2D eigenvalue weighted by Crippen LogP contribution is 2.35. The Morgan fingerprint density at radius 2 is 1.81 bits per heavy atom. The Labute approximate surface area is 186 Å². The van der Waals surface area contributed by atoms with E-state index in [0.29, 0.717) is 42.8 Å². The molecule has 11 heteroatoms. The molecule has 1 N–H and O–H groups in total. The Bertz CT molecular complexity index is 1190. The van der Waals surface area contributed by atoms with Crippen molar-refractivity contribution in [2.75, 3.05) is 37.9 Å². The van der Waals surface area contributed by atoms with Crippen molar-refractivity contribution in [1.29, 1.82) is 0 Å². The molecule has 7 nitrogen and oxygen atoms in total. The summed E-state index contributed by atoms with van der Waals surface area (Å²) in [7, 11) is 0. The molecule has 0 amide bonds. The van der Waals surface area contributed by atoms with Crippen LogP contribution in [0.4, 0.5) is 18.9 Å². The summed E-state index contributed by atoms with van der Waals surface area (Å²) in [5.74, 6) is 1.71. The molecular formula is C21H20F3N4O3S+. The van der Waals surface area contributed by atoms with Gasteiger partial charge in [0.15, 0.2) is 18.2 Å². The summed E-state index contributed by atoms with van der Waals surface area (Å²) in [6.07, 6.45) is -4.35. The summed E-state index contributed by atoms with van der Waals surface area (Å²) in [6, 6.07) is 10.9. The van der Waals surface area contributed by atoms with E-state index >= 15 is 0 Å². The number of ether oxygens (including phenoxy) is 2. The van der Waals surface area contributed by atoms with E-state index in [1.54, 1.807) is 22.9 Å². The van der Waals surface area contributed by atoms with Crippen LogP contribution in [0, 0.1) is 4.84 Å². The Hall–Kier alpha value is -3.05. The molecule has 2 aliphatic rings. The standard InChI is InChI=1S/C21H19F3N4O3S/c22-21(23,24)15-2-1-3-16(11-15)27-8-6-26(7-9-27)12-28-20(32)31-19(25-28)14-4-5-17-18(10-14)30-13-29-17/h1-5,10-11H,6-9,12-13H2/p+1. The number of aromatic nitrogens is 2. The van der Waals surface area contributed by atoms with Crippen LogP contribution in [-0.4, -0.2) is 42.8 Å². The second-order valence-electron chi connectivity index (χ2n) is 7.68. The van der Waals surface area contributed by atoms with Gasteiger partial charge in [0.05, 0.1) is 31.7 Å². The predicted molar refractivity (Wildman–Crippen MR) is 111 cm³/mol. The third kappa shape index (κ3) is 4.17. The van der Waals surface area contributed by atoms with E-state index in [1.165, 1.54) is 17.0 Å². The second-order valence-corrected chi connectivity index (χ2v) is 8.03. The largest absolute Gasteiger partial charge is 0.454 e. The van der Waals surface area contributed by atoms with Crippen LogP contribution < -0.4 is 19.3 Å². The molecule has 0 saturated carbocycles. The van der Waals surface area contributed by atoms with Crippen LogP contribution in [-0.2, 0) is 12.8 Å². The number of hydrogen-bond acceptors (Lipinski definition) is 6. The summed E-state index contributed by atoms with van der Waals surface area (Å²) in [5.41, 5.74) is 0.695. The zero-order valence-corrected chi connectivity index (χ0v) is 17.7. The maximum atomic E-state index is 13.0. The lowest BCUT2D eigenvalue weighted by Crippen LogP contribution is -3.14. The number of piperazine rings is 1. The van der Waals surface area contributed by atoms with Crippen LogP contribution >= 0.6 is 12.2 Å². The van der Waals surface area contributed by atoms with Gasteiger partial charge in [-0.2, -0.15) is 17.9 Å². The molecule has 0 radical (unpaired) electrons. The third-order valence-corrected chi connectivity index (χ3v) is 5.90. The van der Waals surface area contributed by atoms with Crippen LogP contribution in [0.15, 0.2) is 46.9 Å². The lowest BCUT2D eigenvalue weighted by molar-refractivity contribution is -0.924. The monoisotopic (exact) mass is 465 g/mol. The van der Waals surface area contributed by atoms with E-state index in [2.05, 4.69) is 5.10 Å². The van der Waals surface area contributed by atoms with Gasteiger partial charge in [-0.15, -0.1) is 5.10 Å². The van der Waals surface area contributed by atoms with Gasteiger partial charge in [0.1, 0.15) is 0 Å². The molecule has 1 fully saturated rings. The van der Waals surface area contributed by atoms with E-state index in [9.17, 15) is 13.2 Å². The van der Waals surface area contributed by atoms with Gasteiger partial charge >= 0.3 is 6.18 Å². The second kappa shape index (κ2) is 8.14. The van der Waals surface area contributed by atoms with Crippen molar-refractivity contribution in [2.24, 2.45) is 0 Å². The fourth-order valence-electron chi connectivity index (χ4n) is 3.88. The quantitative estimate of drug-likeness (QED) is 0.598. The number of rotatable bonds is 4. The minimum absolute atomic E-state index is 0.187. The molecule has 0 bridgehead atoms. The number of quaternary nitrogens is 1. The summed E-state index contributed by atoms with van der Waals surface area (Å²) >= 11 is 5.34. The first kappa shape index (κ1) is 20.8. The zero-order valence-electron chi connectivity index (χ0n) is 16.9. The molecule has 168 valence electrons. The van der Waals surface area contributed by atoms with Crippen molar-refractivity contribution in [3.8, 4) is 23.0 Å². The highest BCUT2D eigenvalue weighted by Gasteiger charge is 2.31. The number of hydrogen-bond donors (Lipinski definition) is 1. The molecule has 5 rings (SSSR count). The van der Waals surface area contributed by atoms with Crippen LogP contribution in [0.3, 0.4) is 0 Å². The van der Waals surface area contributed by atoms with Gasteiger partial charge < -0.3 is 23.7 Å². The Kier molecular flexibility index (Phi) is 5.30. The smallest absolute Gasteiger partial charge is 0.416 e. The van der Waals surface area contributed by atoms with Gasteiger partial charge in [0.2, 0.25) is 12.7 Å². The molecule has 0 atom stereocenters. The highest BCUT2D eigenvalue weighted by molar-refractivity contribution is 7.71. The number of halogens is 3. The SMILES string of the molecule is FC(F)(F)c1cccc(N2CC[NH+](Cn3nc(-c4ccc5c(c4)OCO5)oc3=S)CC2)c1. The number of benzene rings is 2. The minimum Gasteiger partial charge on any atom is -0.454 e. The van der Waals surface area contributed by atoms with Crippen molar-refractivity contribution < 1.29 is 32.0 Å². The minimum atomic E-state index is -4.35. The average Bonchev–Trinajstić information content (AvgIpc) is 3.40. The third-order valence-electron chi connectivity index (χ3n) is 5.61. The lowest BCUT2D eigenvalue weighted by atomic mass is 10.1. The first-order valence-corrected chi connectivity index (χ1v) is 10.5. The first-order valence-electron chi connectivity index (χ1n) is 10.1. The lowest BCUT2D eigenvalue weighted by Gasteiger charge is -2.33. The number of alkyl halides is 3. The van der Waals surface area contributed by atoms with Crippen LogP contribution in [0.2, 0.25) is 0 Å². The van der Waals surface area contributed by atoms with Gasteiger partial charge in [0.25, 0.3) is 4.84 Å². The van der Waals surface area contributed by atoms with Crippen molar-refractivity contribution in [3.63, 3.8) is 0 Å². The van der Waals surface area contributed by atoms with Crippen LogP contribution in [0.1, 0.15) is 5.56 Å². The molecule has 3 aromatic rings. The molecule has 0 unspecified atom stereocenters. The summed E-state index contributed by atoms with van der Waals surface area (Å²) in [4.78, 5) is 3.46. The molecule has 0 spiro atoms. The van der Waals surface area contributed by atoms with Crippen LogP contribution in [0.25, 0.3) is 11.5 Å². The first-order chi connectivity index (χ1) is 15.4. The van der Waals surface area contributed by atoms with E-state index in [0.717, 1.165) is 24.7 Å². The predicted octanol–water partition coefficient (Wildman–Crippen LogP) is 2.98. The fraction of sp³-hybridized carbons (Fsp3) is 0.333. The zero-order chi connectivity index (χ0) is 22.3. The number of nitrogens with zero attached hydrogens (tertiary/aromatic N) is 3. The molecule has 0 aliphatic carbocycles. The fourth-order valence-corrected chi connectivity index (χ4v) is 4.07. The molecule has 32 heavy (non-hydrogen) atoms. The Morgan fingerprint density at radius 1 is 1.03 bits per heavy atom. The van der Waals surface area contributed by atoms with Gasteiger partial charge in [0, 0.05) is 11.3 Å².